The number of aromatic nitrogens is 1. The van der Waals surface area contributed by atoms with Crippen LogP contribution in [0.4, 0.5) is 0 Å². The van der Waals surface area contributed by atoms with Crippen molar-refractivity contribution < 1.29 is 9.32 Å². The molecule has 0 aliphatic carbocycles. The van der Waals surface area contributed by atoms with Crippen molar-refractivity contribution in [2.45, 2.75) is 13.8 Å². The molecule has 1 amide bonds. The summed E-state index contributed by atoms with van der Waals surface area (Å²) in [5.41, 5.74) is 1.88. The number of likely N-dealkylation sites (N-methyl/N-ethyl adjacent to an activating group) is 1. The fraction of sp³-hybridized carbons (Fsp3) is 0.467. The van der Waals surface area contributed by atoms with E-state index in [1.807, 2.05) is 30.9 Å². The van der Waals surface area contributed by atoms with Crippen LogP contribution in [0.25, 0.3) is 10.4 Å². The third-order valence-corrected chi connectivity index (χ3v) is 4.98. The highest BCUT2D eigenvalue weighted by molar-refractivity contribution is 7.17. The van der Waals surface area contributed by atoms with Gasteiger partial charge in [0, 0.05) is 31.1 Å². The molecule has 6 heteroatoms. The highest BCUT2D eigenvalue weighted by atomic mass is 32.1. The van der Waals surface area contributed by atoms with Crippen molar-refractivity contribution in [2.24, 2.45) is 0 Å². The molecule has 3 heterocycles. The molecule has 0 N–H and O–H groups in total. The summed E-state index contributed by atoms with van der Waals surface area (Å²) in [7, 11) is 2.09. The number of aryl methyl sites for hydroxylation is 2. The van der Waals surface area contributed by atoms with Gasteiger partial charge in [0.15, 0.2) is 0 Å². The van der Waals surface area contributed by atoms with Gasteiger partial charge in [-0.3, -0.25) is 4.79 Å². The number of amides is 1. The summed E-state index contributed by atoms with van der Waals surface area (Å²) < 4.78 is 5.20. The van der Waals surface area contributed by atoms with Gasteiger partial charge in [0.05, 0.1) is 16.1 Å². The van der Waals surface area contributed by atoms with Crippen LogP contribution in [0.5, 0.6) is 0 Å². The Morgan fingerprint density at radius 3 is 2.57 bits per heavy atom. The van der Waals surface area contributed by atoms with E-state index in [9.17, 15) is 4.79 Å². The molecule has 1 fully saturated rings. The summed E-state index contributed by atoms with van der Waals surface area (Å²) in [6.07, 6.45) is 0. The SMILES string of the molecule is Cc1noc(C)c1-c1ccc(C(=O)N2CCN(C)CC2)s1. The quantitative estimate of drug-likeness (QED) is 0.855. The van der Waals surface area contributed by atoms with Crippen molar-refractivity contribution in [1.82, 2.24) is 15.0 Å². The molecule has 0 unspecified atom stereocenters. The van der Waals surface area contributed by atoms with Crippen molar-refractivity contribution in [2.75, 3.05) is 33.2 Å². The van der Waals surface area contributed by atoms with Gasteiger partial charge in [-0.15, -0.1) is 11.3 Å². The van der Waals surface area contributed by atoms with Gasteiger partial charge in [-0.2, -0.15) is 0 Å². The Bertz CT molecular complexity index is 634. The van der Waals surface area contributed by atoms with E-state index in [2.05, 4.69) is 17.1 Å². The molecular weight excluding hydrogens is 286 g/mol. The molecular formula is C15H19N3O2S. The number of rotatable bonds is 2. The van der Waals surface area contributed by atoms with E-state index in [-0.39, 0.29) is 5.91 Å². The molecule has 2 aromatic heterocycles. The number of carbonyl (C=O) groups is 1. The molecule has 3 rings (SSSR count). The van der Waals surface area contributed by atoms with E-state index >= 15 is 0 Å². The lowest BCUT2D eigenvalue weighted by Gasteiger charge is -2.32. The third kappa shape index (κ3) is 2.73. The number of piperazine rings is 1. The maximum atomic E-state index is 12.5. The molecule has 1 aliphatic heterocycles. The van der Waals surface area contributed by atoms with Crippen LogP contribution in [0.2, 0.25) is 0 Å². The van der Waals surface area contributed by atoms with Crippen LogP contribution in [-0.4, -0.2) is 54.1 Å². The van der Waals surface area contributed by atoms with Crippen molar-refractivity contribution in [3.8, 4) is 10.4 Å². The summed E-state index contributed by atoms with van der Waals surface area (Å²) in [6, 6.07) is 3.90. The van der Waals surface area contributed by atoms with E-state index in [1.54, 1.807) is 0 Å². The zero-order chi connectivity index (χ0) is 15.0. The fourth-order valence-corrected chi connectivity index (χ4v) is 3.71. The highest BCUT2D eigenvalue weighted by Crippen LogP contribution is 2.33. The maximum absolute atomic E-state index is 12.5. The first-order chi connectivity index (χ1) is 10.1. The van der Waals surface area contributed by atoms with Crippen molar-refractivity contribution in [3.05, 3.63) is 28.5 Å². The van der Waals surface area contributed by atoms with Crippen LogP contribution in [0.15, 0.2) is 16.7 Å². The predicted molar refractivity (Wildman–Crippen MR) is 82.7 cm³/mol. The van der Waals surface area contributed by atoms with E-state index in [0.29, 0.717) is 0 Å². The Kier molecular flexibility index (Phi) is 3.82. The Morgan fingerprint density at radius 1 is 1.24 bits per heavy atom. The first kappa shape index (κ1) is 14.3. The monoisotopic (exact) mass is 305 g/mol. The molecule has 0 radical (unpaired) electrons. The van der Waals surface area contributed by atoms with Gasteiger partial charge in [-0.1, -0.05) is 5.16 Å². The van der Waals surface area contributed by atoms with Crippen LogP contribution < -0.4 is 0 Å². The first-order valence-electron chi connectivity index (χ1n) is 7.07. The average Bonchev–Trinajstić information content (AvgIpc) is 3.06. The molecule has 5 nitrogen and oxygen atoms in total. The van der Waals surface area contributed by atoms with Crippen LogP contribution in [0.1, 0.15) is 21.1 Å². The minimum absolute atomic E-state index is 0.131. The molecule has 0 saturated carbocycles. The number of nitrogens with zero attached hydrogens (tertiary/aromatic N) is 3. The molecule has 0 spiro atoms. The van der Waals surface area contributed by atoms with Crippen LogP contribution >= 0.6 is 11.3 Å². The second-order valence-electron chi connectivity index (χ2n) is 5.46. The highest BCUT2D eigenvalue weighted by Gasteiger charge is 2.22. The van der Waals surface area contributed by atoms with Crippen molar-refractivity contribution >= 4 is 17.2 Å². The van der Waals surface area contributed by atoms with Gasteiger partial charge >= 0.3 is 0 Å². The smallest absolute Gasteiger partial charge is 0.264 e. The summed E-state index contributed by atoms with van der Waals surface area (Å²) in [5, 5.41) is 3.98. The maximum Gasteiger partial charge on any atom is 0.264 e. The van der Waals surface area contributed by atoms with Crippen molar-refractivity contribution in [3.63, 3.8) is 0 Å². The zero-order valence-electron chi connectivity index (χ0n) is 12.5. The zero-order valence-corrected chi connectivity index (χ0v) is 13.4. The Labute approximate surface area is 128 Å². The standard InChI is InChI=1S/C15H19N3O2S/c1-10-14(11(2)20-16-10)12-4-5-13(21-12)15(19)18-8-6-17(3)7-9-18/h4-5H,6-9H2,1-3H3. The summed E-state index contributed by atoms with van der Waals surface area (Å²) in [6.45, 7) is 7.30. The molecule has 112 valence electrons. The van der Waals surface area contributed by atoms with Gasteiger partial charge < -0.3 is 14.3 Å². The molecule has 2 aromatic rings. The number of thiophene rings is 1. The Morgan fingerprint density at radius 2 is 1.95 bits per heavy atom. The van der Waals surface area contributed by atoms with Gasteiger partial charge in [0.2, 0.25) is 0 Å². The fourth-order valence-electron chi connectivity index (χ4n) is 2.59. The van der Waals surface area contributed by atoms with E-state index in [4.69, 9.17) is 4.52 Å². The second kappa shape index (κ2) is 5.61. The van der Waals surface area contributed by atoms with Crippen LogP contribution in [0.3, 0.4) is 0 Å². The van der Waals surface area contributed by atoms with Crippen LogP contribution in [0, 0.1) is 13.8 Å². The lowest BCUT2D eigenvalue weighted by Crippen LogP contribution is -2.46. The molecule has 0 atom stereocenters. The lowest BCUT2D eigenvalue weighted by molar-refractivity contribution is 0.0669. The minimum atomic E-state index is 0.131. The lowest BCUT2D eigenvalue weighted by atomic mass is 10.2. The minimum Gasteiger partial charge on any atom is -0.361 e. The van der Waals surface area contributed by atoms with Gasteiger partial charge in [-0.05, 0) is 33.0 Å². The third-order valence-electron chi connectivity index (χ3n) is 3.89. The van der Waals surface area contributed by atoms with Gasteiger partial charge in [0.1, 0.15) is 5.76 Å². The van der Waals surface area contributed by atoms with E-state index in [1.165, 1.54) is 11.3 Å². The largest absolute Gasteiger partial charge is 0.361 e. The Balaban J connectivity index is 1.80. The van der Waals surface area contributed by atoms with E-state index < -0.39 is 0 Å². The normalized spacial score (nSPS) is 16.4. The average molecular weight is 305 g/mol. The van der Waals surface area contributed by atoms with Gasteiger partial charge in [0.25, 0.3) is 5.91 Å². The predicted octanol–water partition coefficient (Wildman–Crippen LogP) is 2.41. The molecule has 21 heavy (non-hydrogen) atoms. The first-order valence-corrected chi connectivity index (χ1v) is 7.89. The summed E-state index contributed by atoms with van der Waals surface area (Å²) in [4.78, 5) is 18.5. The molecule has 1 aliphatic rings. The van der Waals surface area contributed by atoms with E-state index in [0.717, 1.165) is 53.0 Å². The molecule has 1 saturated heterocycles. The van der Waals surface area contributed by atoms with Gasteiger partial charge in [-0.25, -0.2) is 0 Å². The topological polar surface area (TPSA) is 49.6 Å². The van der Waals surface area contributed by atoms with Crippen LogP contribution in [-0.2, 0) is 0 Å². The Hall–Kier alpha value is -1.66. The molecule has 0 aromatic carbocycles. The number of hydrogen-bond acceptors (Lipinski definition) is 5. The summed E-state index contributed by atoms with van der Waals surface area (Å²) in [5.74, 6) is 0.930. The van der Waals surface area contributed by atoms with Crippen molar-refractivity contribution in [1.29, 1.82) is 0 Å². The number of hydrogen-bond donors (Lipinski definition) is 0. The second-order valence-corrected chi connectivity index (χ2v) is 6.54. The number of carbonyl (C=O) groups excluding carboxylic acids is 1. The summed E-state index contributed by atoms with van der Waals surface area (Å²) >= 11 is 1.52. The molecule has 0 bridgehead atoms.